The molecule has 0 fully saturated rings. The van der Waals surface area contributed by atoms with E-state index >= 15 is 0 Å². The van der Waals surface area contributed by atoms with Crippen LogP contribution in [-0.4, -0.2) is 19.9 Å². The number of aromatic nitrogens is 1. The minimum Gasteiger partial charge on any atom is -0.451 e. The van der Waals surface area contributed by atoms with Crippen LogP contribution in [0.3, 0.4) is 0 Å². The zero-order valence-electron chi connectivity index (χ0n) is 9.25. The fourth-order valence-electron chi connectivity index (χ4n) is 1.50. The van der Waals surface area contributed by atoms with Crippen molar-refractivity contribution in [2.75, 3.05) is 6.54 Å². The van der Waals surface area contributed by atoms with Gasteiger partial charge in [0.25, 0.3) is 10.0 Å². The molecule has 0 aliphatic rings. The molecule has 2 aromatic rings. The molecule has 6 heteroatoms. The summed E-state index contributed by atoms with van der Waals surface area (Å²) in [5.74, 6) is 0. The van der Waals surface area contributed by atoms with Gasteiger partial charge in [-0.2, -0.15) is 0 Å². The molecule has 2 aromatic heterocycles. The fourth-order valence-corrected chi connectivity index (χ4v) is 2.67. The average molecular weight is 252 g/mol. The van der Waals surface area contributed by atoms with Crippen LogP contribution >= 0.6 is 0 Å². The molecular weight excluding hydrogens is 240 g/mol. The first-order valence-corrected chi connectivity index (χ1v) is 6.61. The number of pyridine rings is 1. The molecule has 0 saturated carbocycles. The summed E-state index contributed by atoms with van der Waals surface area (Å²) in [7, 11) is -3.58. The van der Waals surface area contributed by atoms with Crippen molar-refractivity contribution in [3.8, 4) is 11.1 Å². The van der Waals surface area contributed by atoms with Crippen LogP contribution in [0, 0.1) is 0 Å². The van der Waals surface area contributed by atoms with Crippen LogP contribution in [0.2, 0.25) is 0 Å². The maximum absolute atomic E-state index is 11.9. The van der Waals surface area contributed by atoms with E-state index < -0.39 is 10.0 Å². The summed E-state index contributed by atoms with van der Waals surface area (Å²) in [6, 6.07) is 5.09. The van der Waals surface area contributed by atoms with Gasteiger partial charge in [-0.15, -0.1) is 0 Å². The predicted octanol–water partition coefficient (Wildman–Crippen LogP) is 1.64. The molecule has 2 rings (SSSR count). The van der Waals surface area contributed by atoms with Crippen molar-refractivity contribution in [1.29, 1.82) is 0 Å². The molecule has 0 radical (unpaired) electrons. The van der Waals surface area contributed by atoms with E-state index in [-0.39, 0.29) is 5.09 Å². The zero-order chi connectivity index (χ0) is 12.3. The highest BCUT2D eigenvalue weighted by molar-refractivity contribution is 7.89. The molecule has 0 unspecified atom stereocenters. The molecule has 90 valence electrons. The number of furan rings is 1. The van der Waals surface area contributed by atoms with Gasteiger partial charge in [0, 0.05) is 24.5 Å². The third-order valence-electron chi connectivity index (χ3n) is 2.20. The van der Waals surface area contributed by atoms with Crippen molar-refractivity contribution < 1.29 is 12.8 Å². The summed E-state index contributed by atoms with van der Waals surface area (Å²) < 4.78 is 31.2. The molecule has 0 atom stereocenters. The zero-order valence-corrected chi connectivity index (χ0v) is 10.1. The van der Waals surface area contributed by atoms with Gasteiger partial charge in [-0.1, -0.05) is 6.92 Å². The predicted molar refractivity (Wildman–Crippen MR) is 62.8 cm³/mol. The molecule has 0 aliphatic carbocycles. The Labute approximate surface area is 99.5 Å². The monoisotopic (exact) mass is 252 g/mol. The van der Waals surface area contributed by atoms with E-state index in [1.54, 1.807) is 37.5 Å². The molecule has 0 spiro atoms. The molecule has 5 nitrogen and oxygen atoms in total. The largest absolute Gasteiger partial charge is 0.451 e. The van der Waals surface area contributed by atoms with Crippen LogP contribution in [0.15, 0.2) is 46.4 Å². The molecule has 0 amide bonds. The number of rotatable bonds is 4. The van der Waals surface area contributed by atoms with Gasteiger partial charge in [0.2, 0.25) is 5.09 Å². The highest BCUT2D eigenvalue weighted by atomic mass is 32.2. The molecule has 2 heterocycles. The normalized spacial score (nSPS) is 11.6. The van der Waals surface area contributed by atoms with Crippen molar-refractivity contribution in [3.05, 3.63) is 36.9 Å². The fraction of sp³-hybridized carbons (Fsp3) is 0.182. The first-order valence-electron chi connectivity index (χ1n) is 5.12. The molecule has 0 bridgehead atoms. The van der Waals surface area contributed by atoms with Gasteiger partial charge in [0.05, 0.1) is 6.26 Å². The summed E-state index contributed by atoms with van der Waals surface area (Å²) in [5, 5.41) is -0.0643. The number of nitrogens with zero attached hydrogens (tertiary/aromatic N) is 1. The van der Waals surface area contributed by atoms with Crippen LogP contribution in [0.25, 0.3) is 11.1 Å². The molecule has 17 heavy (non-hydrogen) atoms. The lowest BCUT2D eigenvalue weighted by molar-refractivity contribution is 0.448. The van der Waals surface area contributed by atoms with Crippen molar-refractivity contribution in [2.24, 2.45) is 0 Å². The van der Waals surface area contributed by atoms with Crippen molar-refractivity contribution in [1.82, 2.24) is 9.71 Å². The van der Waals surface area contributed by atoms with E-state index in [2.05, 4.69) is 9.71 Å². The molecule has 1 N–H and O–H groups in total. The maximum atomic E-state index is 11.9. The third-order valence-corrected chi connectivity index (χ3v) is 3.67. The maximum Gasteiger partial charge on any atom is 0.274 e. The molecule has 0 aliphatic heterocycles. The summed E-state index contributed by atoms with van der Waals surface area (Å²) >= 11 is 0. The minimum absolute atomic E-state index is 0.0643. The summed E-state index contributed by atoms with van der Waals surface area (Å²) in [5.41, 5.74) is 1.29. The van der Waals surface area contributed by atoms with E-state index in [4.69, 9.17) is 4.42 Å². The summed E-state index contributed by atoms with van der Waals surface area (Å²) in [4.78, 5) is 3.89. The first kappa shape index (κ1) is 11.8. The van der Waals surface area contributed by atoms with Gasteiger partial charge < -0.3 is 4.42 Å². The van der Waals surface area contributed by atoms with Crippen molar-refractivity contribution in [3.63, 3.8) is 0 Å². The van der Waals surface area contributed by atoms with Crippen LogP contribution in [0.4, 0.5) is 0 Å². The van der Waals surface area contributed by atoms with E-state index in [0.29, 0.717) is 12.1 Å². The number of hydrogen-bond donors (Lipinski definition) is 1. The van der Waals surface area contributed by atoms with E-state index in [9.17, 15) is 8.42 Å². The SMILES string of the molecule is CCNS(=O)(=O)c1occc1-c1ccncc1. The van der Waals surface area contributed by atoms with Crippen molar-refractivity contribution >= 4 is 10.0 Å². The molecule has 0 aromatic carbocycles. The van der Waals surface area contributed by atoms with Gasteiger partial charge in [-0.05, 0) is 23.8 Å². The van der Waals surface area contributed by atoms with Gasteiger partial charge in [-0.25, -0.2) is 13.1 Å². The second-order valence-corrected chi connectivity index (χ2v) is 5.03. The van der Waals surface area contributed by atoms with E-state index in [1.807, 2.05) is 0 Å². The Morgan fingerprint density at radius 2 is 2.00 bits per heavy atom. The van der Waals surface area contributed by atoms with E-state index in [0.717, 1.165) is 5.56 Å². The Kier molecular flexibility index (Phi) is 3.26. The second-order valence-electron chi connectivity index (χ2n) is 3.36. The van der Waals surface area contributed by atoms with E-state index in [1.165, 1.54) is 6.26 Å². The Bertz CT molecular complexity index is 590. The number of sulfonamides is 1. The Morgan fingerprint density at radius 1 is 1.29 bits per heavy atom. The van der Waals surface area contributed by atoms with Gasteiger partial charge in [0.1, 0.15) is 0 Å². The van der Waals surface area contributed by atoms with Crippen LogP contribution < -0.4 is 4.72 Å². The Balaban J connectivity index is 2.50. The molecular formula is C11H12N2O3S. The Morgan fingerprint density at radius 3 is 2.65 bits per heavy atom. The summed E-state index contributed by atoms with van der Waals surface area (Å²) in [6.07, 6.45) is 4.57. The quantitative estimate of drug-likeness (QED) is 0.897. The Hall–Kier alpha value is -1.66. The minimum atomic E-state index is -3.58. The number of nitrogens with one attached hydrogen (secondary N) is 1. The van der Waals surface area contributed by atoms with Crippen molar-refractivity contribution in [2.45, 2.75) is 12.0 Å². The highest BCUT2D eigenvalue weighted by Crippen LogP contribution is 2.27. The first-order chi connectivity index (χ1) is 8.15. The highest BCUT2D eigenvalue weighted by Gasteiger charge is 2.22. The second kappa shape index (κ2) is 4.68. The lowest BCUT2D eigenvalue weighted by atomic mass is 10.1. The third kappa shape index (κ3) is 2.37. The van der Waals surface area contributed by atoms with Gasteiger partial charge >= 0.3 is 0 Å². The van der Waals surface area contributed by atoms with Gasteiger partial charge in [0.15, 0.2) is 0 Å². The summed E-state index contributed by atoms with van der Waals surface area (Å²) in [6.45, 7) is 2.03. The smallest absolute Gasteiger partial charge is 0.274 e. The average Bonchev–Trinajstić information content (AvgIpc) is 2.79. The van der Waals surface area contributed by atoms with Crippen LogP contribution in [0.5, 0.6) is 0 Å². The lowest BCUT2D eigenvalue weighted by Gasteiger charge is -2.04. The molecule has 0 saturated heterocycles. The lowest BCUT2D eigenvalue weighted by Crippen LogP contribution is -2.23. The standard InChI is InChI=1S/C11H12N2O3S/c1-2-13-17(14,15)11-10(5-8-16-11)9-3-6-12-7-4-9/h3-8,13H,2H2,1H3. The van der Waals surface area contributed by atoms with Crippen LogP contribution in [-0.2, 0) is 10.0 Å². The van der Waals surface area contributed by atoms with Gasteiger partial charge in [-0.3, -0.25) is 4.98 Å². The van der Waals surface area contributed by atoms with Crippen LogP contribution in [0.1, 0.15) is 6.92 Å². The number of hydrogen-bond acceptors (Lipinski definition) is 4. The topological polar surface area (TPSA) is 72.2 Å².